The number of benzene rings is 2. The minimum Gasteiger partial charge on any atom is -0.465 e. The predicted molar refractivity (Wildman–Crippen MR) is 117 cm³/mol. The summed E-state index contributed by atoms with van der Waals surface area (Å²) in [6.07, 6.45) is 3.42. The summed E-state index contributed by atoms with van der Waals surface area (Å²) in [7, 11) is 0. The van der Waals surface area contributed by atoms with Crippen LogP contribution in [0.3, 0.4) is 0 Å². The topological polar surface area (TPSA) is 110 Å². The number of fused-ring (bicyclic) bond motifs is 2. The SMILES string of the molecule is CC(Cc1c[nH]c2ccccc12)(NC(=O)O)C(=O)NCCc1c[nH]c2ccccc12. The summed E-state index contributed by atoms with van der Waals surface area (Å²) in [5.41, 5.74) is 2.70. The molecule has 2 amide bonds. The van der Waals surface area contributed by atoms with Crippen LogP contribution in [-0.4, -0.2) is 39.2 Å². The van der Waals surface area contributed by atoms with Gasteiger partial charge in [0.05, 0.1) is 0 Å². The molecule has 154 valence electrons. The van der Waals surface area contributed by atoms with Gasteiger partial charge >= 0.3 is 6.09 Å². The van der Waals surface area contributed by atoms with Crippen LogP contribution in [-0.2, 0) is 17.6 Å². The monoisotopic (exact) mass is 404 g/mol. The molecule has 0 aliphatic carbocycles. The van der Waals surface area contributed by atoms with Crippen molar-refractivity contribution in [3.8, 4) is 0 Å². The zero-order valence-electron chi connectivity index (χ0n) is 16.7. The van der Waals surface area contributed by atoms with Crippen molar-refractivity contribution in [1.82, 2.24) is 20.6 Å². The molecule has 1 atom stereocenters. The molecule has 0 aliphatic heterocycles. The quantitative estimate of drug-likeness (QED) is 0.325. The third-order valence-electron chi connectivity index (χ3n) is 5.46. The Hall–Kier alpha value is -3.74. The molecule has 2 heterocycles. The van der Waals surface area contributed by atoms with Crippen molar-refractivity contribution in [3.05, 3.63) is 72.1 Å². The average molecular weight is 404 g/mol. The van der Waals surface area contributed by atoms with E-state index in [-0.39, 0.29) is 12.3 Å². The highest BCUT2D eigenvalue weighted by Crippen LogP contribution is 2.23. The fourth-order valence-electron chi connectivity index (χ4n) is 3.92. The number of para-hydroxylation sites is 2. The van der Waals surface area contributed by atoms with Crippen LogP contribution in [0.4, 0.5) is 4.79 Å². The lowest BCUT2D eigenvalue weighted by atomic mass is 9.91. The minimum absolute atomic E-state index is 0.238. The number of carboxylic acid groups (broad SMARTS) is 1. The Morgan fingerprint density at radius 2 is 1.50 bits per heavy atom. The number of nitrogens with one attached hydrogen (secondary N) is 4. The van der Waals surface area contributed by atoms with Crippen molar-refractivity contribution in [2.45, 2.75) is 25.3 Å². The van der Waals surface area contributed by atoms with Gasteiger partial charge in [-0.25, -0.2) is 4.79 Å². The number of amides is 2. The van der Waals surface area contributed by atoms with Gasteiger partial charge in [0, 0.05) is 47.2 Å². The Morgan fingerprint density at radius 3 is 2.13 bits per heavy atom. The van der Waals surface area contributed by atoms with Gasteiger partial charge in [0.1, 0.15) is 5.54 Å². The molecule has 0 fully saturated rings. The van der Waals surface area contributed by atoms with Gasteiger partial charge in [-0.1, -0.05) is 36.4 Å². The van der Waals surface area contributed by atoms with Crippen molar-refractivity contribution in [2.24, 2.45) is 0 Å². The highest BCUT2D eigenvalue weighted by molar-refractivity contribution is 5.91. The lowest BCUT2D eigenvalue weighted by Gasteiger charge is -2.28. The van der Waals surface area contributed by atoms with Crippen molar-refractivity contribution >= 4 is 33.8 Å². The van der Waals surface area contributed by atoms with Gasteiger partial charge in [-0.2, -0.15) is 0 Å². The molecule has 7 nitrogen and oxygen atoms in total. The van der Waals surface area contributed by atoms with Gasteiger partial charge in [-0.15, -0.1) is 0 Å². The first-order chi connectivity index (χ1) is 14.5. The second-order valence-corrected chi connectivity index (χ2v) is 7.66. The van der Waals surface area contributed by atoms with Crippen molar-refractivity contribution in [3.63, 3.8) is 0 Å². The highest BCUT2D eigenvalue weighted by Gasteiger charge is 2.35. The van der Waals surface area contributed by atoms with Crippen molar-refractivity contribution in [2.75, 3.05) is 6.54 Å². The predicted octanol–water partition coefficient (Wildman–Crippen LogP) is 3.58. The van der Waals surface area contributed by atoms with Crippen LogP contribution in [0, 0.1) is 0 Å². The van der Waals surface area contributed by atoms with E-state index in [4.69, 9.17) is 0 Å². The molecule has 2 aromatic heterocycles. The van der Waals surface area contributed by atoms with E-state index >= 15 is 0 Å². The Morgan fingerprint density at radius 1 is 0.933 bits per heavy atom. The van der Waals surface area contributed by atoms with Gasteiger partial charge < -0.3 is 25.7 Å². The van der Waals surface area contributed by atoms with E-state index in [1.54, 1.807) is 6.92 Å². The second kappa shape index (κ2) is 7.94. The number of H-pyrrole nitrogens is 2. The van der Waals surface area contributed by atoms with E-state index in [1.165, 1.54) is 0 Å². The summed E-state index contributed by atoms with van der Waals surface area (Å²) < 4.78 is 0. The number of aromatic amines is 2. The summed E-state index contributed by atoms with van der Waals surface area (Å²) in [5, 5.41) is 16.7. The van der Waals surface area contributed by atoms with E-state index in [0.29, 0.717) is 13.0 Å². The number of aromatic nitrogens is 2. The van der Waals surface area contributed by atoms with Crippen LogP contribution in [0.2, 0.25) is 0 Å². The van der Waals surface area contributed by atoms with Crippen LogP contribution in [0.15, 0.2) is 60.9 Å². The molecular weight excluding hydrogens is 380 g/mol. The zero-order chi connectivity index (χ0) is 21.1. The van der Waals surface area contributed by atoms with Crippen LogP contribution < -0.4 is 10.6 Å². The average Bonchev–Trinajstić information content (AvgIpc) is 3.32. The molecule has 0 saturated carbocycles. The molecule has 4 rings (SSSR count). The molecule has 5 N–H and O–H groups in total. The normalized spacial score (nSPS) is 13.2. The fraction of sp³-hybridized carbons (Fsp3) is 0.217. The van der Waals surface area contributed by atoms with Crippen LogP contribution in [0.25, 0.3) is 21.8 Å². The molecular formula is C23H24N4O3. The molecule has 30 heavy (non-hydrogen) atoms. The Kier molecular flexibility index (Phi) is 5.18. The summed E-state index contributed by atoms with van der Waals surface area (Å²) in [5.74, 6) is -0.352. The summed E-state index contributed by atoms with van der Waals surface area (Å²) >= 11 is 0. The number of rotatable bonds is 7. The summed E-state index contributed by atoms with van der Waals surface area (Å²) in [4.78, 5) is 30.8. The number of carbonyl (C=O) groups excluding carboxylic acids is 1. The lowest BCUT2D eigenvalue weighted by molar-refractivity contribution is -0.126. The molecule has 2 aromatic carbocycles. The van der Waals surface area contributed by atoms with Crippen molar-refractivity contribution < 1.29 is 14.7 Å². The molecule has 1 unspecified atom stereocenters. The van der Waals surface area contributed by atoms with Gasteiger partial charge in [0.25, 0.3) is 0 Å². The first-order valence-electron chi connectivity index (χ1n) is 9.86. The first-order valence-corrected chi connectivity index (χ1v) is 9.86. The maximum Gasteiger partial charge on any atom is 0.405 e. The maximum atomic E-state index is 13.0. The summed E-state index contributed by atoms with van der Waals surface area (Å²) in [6, 6.07) is 15.7. The Bertz CT molecular complexity index is 1210. The largest absolute Gasteiger partial charge is 0.465 e. The van der Waals surface area contributed by atoms with Crippen LogP contribution >= 0.6 is 0 Å². The Balaban J connectivity index is 1.48. The van der Waals surface area contributed by atoms with Crippen molar-refractivity contribution in [1.29, 1.82) is 0 Å². The third-order valence-corrected chi connectivity index (χ3v) is 5.46. The molecule has 4 aromatic rings. The van der Waals surface area contributed by atoms with Gasteiger partial charge in [-0.05, 0) is 36.6 Å². The third kappa shape index (κ3) is 3.87. The standard InChI is InChI=1S/C23H24N4O3/c1-23(27-22(29)30,12-16-14-26-20-9-5-3-7-18(16)20)21(28)24-11-10-15-13-25-19-8-4-2-6-17(15)19/h2-9,13-14,25-27H,10-12H2,1H3,(H,24,28)(H,29,30). The van der Waals surface area contributed by atoms with E-state index in [1.807, 2.05) is 60.9 Å². The molecule has 0 aliphatic rings. The van der Waals surface area contributed by atoms with E-state index in [2.05, 4.69) is 20.6 Å². The first kappa shape index (κ1) is 19.6. The summed E-state index contributed by atoms with van der Waals surface area (Å²) in [6.45, 7) is 2.02. The molecule has 0 spiro atoms. The Labute approximate surface area is 173 Å². The maximum absolute atomic E-state index is 13.0. The number of carbonyl (C=O) groups is 2. The zero-order valence-corrected chi connectivity index (χ0v) is 16.7. The molecule has 0 saturated heterocycles. The number of hydrogen-bond donors (Lipinski definition) is 5. The van der Waals surface area contributed by atoms with Gasteiger partial charge in [0.2, 0.25) is 5.91 Å². The van der Waals surface area contributed by atoms with E-state index in [9.17, 15) is 14.7 Å². The lowest BCUT2D eigenvalue weighted by Crippen LogP contribution is -2.58. The second-order valence-electron chi connectivity index (χ2n) is 7.66. The highest BCUT2D eigenvalue weighted by atomic mass is 16.4. The van der Waals surface area contributed by atoms with E-state index < -0.39 is 11.6 Å². The fourth-order valence-corrected chi connectivity index (χ4v) is 3.92. The van der Waals surface area contributed by atoms with Crippen LogP contribution in [0.5, 0.6) is 0 Å². The molecule has 7 heteroatoms. The minimum atomic E-state index is -1.29. The van der Waals surface area contributed by atoms with Gasteiger partial charge in [-0.3, -0.25) is 4.79 Å². The van der Waals surface area contributed by atoms with Gasteiger partial charge in [0.15, 0.2) is 0 Å². The molecule has 0 bridgehead atoms. The van der Waals surface area contributed by atoms with Crippen LogP contribution in [0.1, 0.15) is 18.1 Å². The number of hydrogen-bond acceptors (Lipinski definition) is 2. The molecule has 0 radical (unpaired) electrons. The smallest absolute Gasteiger partial charge is 0.405 e. The van der Waals surface area contributed by atoms with E-state index in [0.717, 1.165) is 32.9 Å².